The lowest BCUT2D eigenvalue weighted by atomic mass is 10.2. The third-order valence-electron chi connectivity index (χ3n) is 2.63. The van der Waals surface area contributed by atoms with Crippen LogP contribution in [0.25, 0.3) is 0 Å². The molecule has 1 rings (SSSR count). The predicted molar refractivity (Wildman–Crippen MR) is 74.6 cm³/mol. The molecule has 0 unspecified atom stereocenters. The number of amides is 1. The van der Waals surface area contributed by atoms with Crippen LogP contribution in [-0.4, -0.2) is 30.0 Å². The molecule has 1 amide bonds. The first-order valence-electron chi connectivity index (χ1n) is 6.20. The van der Waals surface area contributed by atoms with E-state index in [4.69, 9.17) is 5.73 Å². The number of nitrogens with one attached hydrogen (secondary N) is 1. The molecule has 1 heterocycles. The lowest BCUT2D eigenvalue weighted by Crippen LogP contribution is -2.40. The van der Waals surface area contributed by atoms with Crippen molar-refractivity contribution in [3.05, 3.63) is 17.8 Å². The molecule has 0 atom stereocenters. The van der Waals surface area contributed by atoms with Gasteiger partial charge in [-0.1, -0.05) is 0 Å². The molecule has 5 heteroatoms. The third kappa shape index (κ3) is 3.91. The van der Waals surface area contributed by atoms with E-state index < -0.39 is 0 Å². The number of hydrogen-bond donors (Lipinski definition) is 2. The van der Waals surface area contributed by atoms with Crippen molar-refractivity contribution in [3.8, 4) is 0 Å². The van der Waals surface area contributed by atoms with Gasteiger partial charge in [-0.05, 0) is 39.3 Å². The highest BCUT2D eigenvalue weighted by molar-refractivity contribution is 5.81. The first-order chi connectivity index (χ1) is 8.43. The molecule has 0 aromatic carbocycles. The fourth-order valence-corrected chi connectivity index (χ4v) is 1.62. The quantitative estimate of drug-likeness (QED) is 0.827. The summed E-state index contributed by atoms with van der Waals surface area (Å²) in [6, 6.07) is 2.05. The van der Waals surface area contributed by atoms with Crippen LogP contribution in [-0.2, 0) is 4.79 Å². The number of likely N-dealkylation sites (N-methyl/N-ethyl adjacent to an activating group) is 1. The van der Waals surface area contributed by atoms with Crippen molar-refractivity contribution in [2.75, 3.05) is 23.7 Å². The average molecular weight is 250 g/mol. The van der Waals surface area contributed by atoms with Gasteiger partial charge in [0.2, 0.25) is 5.91 Å². The monoisotopic (exact) mass is 250 g/mol. The number of hydrogen-bond acceptors (Lipinski definition) is 4. The van der Waals surface area contributed by atoms with Crippen LogP contribution in [0.15, 0.2) is 12.3 Å². The van der Waals surface area contributed by atoms with Crippen molar-refractivity contribution in [1.82, 2.24) is 10.3 Å². The van der Waals surface area contributed by atoms with E-state index in [2.05, 4.69) is 10.3 Å². The first kappa shape index (κ1) is 14.3. The fourth-order valence-electron chi connectivity index (χ4n) is 1.62. The van der Waals surface area contributed by atoms with Gasteiger partial charge < -0.3 is 16.0 Å². The van der Waals surface area contributed by atoms with Gasteiger partial charge in [0.05, 0.1) is 18.4 Å². The molecule has 0 aliphatic rings. The van der Waals surface area contributed by atoms with Gasteiger partial charge in [-0.2, -0.15) is 0 Å². The van der Waals surface area contributed by atoms with E-state index in [-0.39, 0.29) is 11.9 Å². The number of nitrogen functional groups attached to an aromatic ring is 1. The van der Waals surface area contributed by atoms with Crippen molar-refractivity contribution in [3.63, 3.8) is 0 Å². The Labute approximate surface area is 108 Å². The number of aryl methyl sites for hydroxylation is 1. The lowest BCUT2D eigenvalue weighted by molar-refractivity contribution is -0.120. The molecular formula is C13H22N4O. The molecule has 0 saturated heterocycles. The van der Waals surface area contributed by atoms with Gasteiger partial charge in [-0.3, -0.25) is 4.79 Å². The summed E-state index contributed by atoms with van der Waals surface area (Å²) in [5, 5.41) is 2.87. The van der Waals surface area contributed by atoms with E-state index >= 15 is 0 Å². The highest BCUT2D eigenvalue weighted by atomic mass is 16.2. The van der Waals surface area contributed by atoms with Crippen LogP contribution in [0.2, 0.25) is 0 Å². The summed E-state index contributed by atoms with van der Waals surface area (Å²) in [6.45, 7) is 8.85. The molecule has 0 aliphatic heterocycles. The Morgan fingerprint density at radius 2 is 2.22 bits per heavy atom. The van der Waals surface area contributed by atoms with Crippen molar-refractivity contribution >= 4 is 17.4 Å². The van der Waals surface area contributed by atoms with E-state index in [1.807, 2.05) is 38.7 Å². The minimum Gasteiger partial charge on any atom is -0.397 e. The van der Waals surface area contributed by atoms with E-state index in [0.717, 1.165) is 17.9 Å². The zero-order chi connectivity index (χ0) is 13.7. The van der Waals surface area contributed by atoms with Crippen LogP contribution < -0.4 is 16.0 Å². The maximum absolute atomic E-state index is 11.7. The summed E-state index contributed by atoms with van der Waals surface area (Å²) in [5.74, 6) is 0.784. The van der Waals surface area contributed by atoms with Crippen LogP contribution >= 0.6 is 0 Å². The average Bonchev–Trinajstić information content (AvgIpc) is 2.29. The molecule has 18 heavy (non-hydrogen) atoms. The van der Waals surface area contributed by atoms with Crippen molar-refractivity contribution in [2.45, 2.75) is 33.7 Å². The molecule has 3 N–H and O–H groups in total. The second-order valence-electron chi connectivity index (χ2n) is 4.64. The van der Waals surface area contributed by atoms with E-state index in [0.29, 0.717) is 12.2 Å². The second kappa shape index (κ2) is 6.23. The van der Waals surface area contributed by atoms with Crippen LogP contribution in [0.3, 0.4) is 0 Å². The summed E-state index contributed by atoms with van der Waals surface area (Å²) >= 11 is 0. The molecule has 0 spiro atoms. The third-order valence-corrected chi connectivity index (χ3v) is 2.63. The van der Waals surface area contributed by atoms with E-state index in [1.165, 1.54) is 0 Å². The van der Waals surface area contributed by atoms with Gasteiger partial charge in [-0.15, -0.1) is 0 Å². The first-order valence-corrected chi connectivity index (χ1v) is 6.20. The Morgan fingerprint density at radius 1 is 1.56 bits per heavy atom. The zero-order valence-corrected chi connectivity index (χ0v) is 11.5. The molecule has 0 aliphatic carbocycles. The number of rotatable bonds is 5. The standard InChI is InChI=1S/C13H22N4O/c1-5-17(8-13(18)16-9(2)3)12-6-10(4)11(14)7-15-12/h6-7,9H,5,8,14H2,1-4H3,(H,16,18). The van der Waals surface area contributed by atoms with Crippen molar-refractivity contribution in [1.29, 1.82) is 0 Å². The summed E-state index contributed by atoms with van der Waals surface area (Å²) in [5.41, 5.74) is 7.38. The maximum Gasteiger partial charge on any atom is 0.239 e. The van der Waals surface area contributed by atoms with Gasteiger partial charge in [0, 0.05) is 12.6 Å². The number of carbonyl (C=O) groups excluding carboxylic acids is 1. The van der Waals surface area contributed by atoms with Gasteiger partial charge in [0.15, 0.2) is 0 Å². The highest BCUT2D eigenvalue weighted by Crippen LogP contribution is 2.16. The molecule has 0 fully saturated rings. The molecule has 1 aromatic rings. The molecule has 100 valence electrons. The Kier molecular flexibility index (Phi) is 4.95. The van der Waals surface area contributed by atoms with Gasteiger partial charge in [0.25, 0.3) is 0 Å². The van der Waals surface area contributed by atoms with Gasteiger partial charge in [0.1, 0.15) is 5.82 Å². The minimum atomic E-state index is 0.00290. The number of nitrogens with zero attached hydrogens (tertiary/aromatic N) is 2. The van der Waals surface area contributed by atoms with Gasteiger partial charge in [-0.25, -0.2) is 4.98 Å². The summed E-state index contributed by atoms with van der Waals surface area (Å²) < 4.78 is 0. The van der Waals surface area contributed by atoms with Crippen LogP contribution in [0.1, 0.15) is 26.3 Å². The lowest BCUT2D eigenvalue weighted by Gasteiger charge is -2.22. The van der Waals surface area contributed by atoms with E-state index in [1.54, 1.807) is 6.20 Å². The highest BCUT2D eigenvalue weighted by Gasteiger charge is 2.12. The zero-order valence-electron chi connectivity index (χ0n) is 11.5. The molecule has 1 aromatic heterocycles. The predicted octanol–water partition coefficient (Wildman–Crippen LogP) is 1.32. The molecule has 5 nitrogen and oxygen atoms in total. The Balaban J connectivity index is 2.76. The Bertz CT molecular complexity index is 417. The smallest absolute Gasteiger partial charge is 0.239 e. The number of aromatic nitrogens is 1. The number of nitrogens with two attached hydrogens (primary N) is 1. The van der Waals surface area contributed by atoms with Gasteiger partial charge >= 0.3 is 0 Å². The fraction of sp³-hybridized carbons (Fsp3) is 0.538. The minimum absolute atomic E-state index is 0.00290. The summed E-state index contributed by atoms with van der Waals surface area (Å²) in [4.78, 5) is 17.9. The van der Waals surface area contributed by atoms with Crippen molar-refractivity contribution < 1.29 is 4.79 Å². The van der Waals surface area contributed by atoms with Crippen molar-refractivity contribution in [2.24, 2.45) is 0 Å². The summed E-state index contributed by atoms with van der Waals surface area (Å²) in [6.07, 6.45) is 1.63. The number of carbonyl (C=O) groups is 1. The largest absolute Gasteiger partial charge is 0.397 e. The molecule has 0 radical (unpaired) electrons. The van der Waals surface area contributed by atoms with E-state index in [9.17, 15) is 4.79 Å². The molecular weight excluding hydrogens is 228 g/mol. The molecule has 0 bridgehead atoms. The second-order valence-corrected chi connectivity index (χ2v) is 4.64. The Morgan fingerprint density at radius 3 is 2.72 bits per heavy atom. The normalized spacial score (nSPS) is 10.5. The SMILES string of the molecule is CCN(CC(=O)NC(C)C)c1cc(C)c(N)cn1. The molecule has 0 saturated carbocycles. The number of anilines is 2. The summed E-state index contributed by atoms with van der Waals surface area (Å²) in [7, 11) is 0. The van der Waals surface area contributed by atoms with Crippen LogP contribution in [0.5, 0.6) is 0 Å². The van der Waals surface area contributed by atoms with Crippen LogP contribution in [0, 0.1) is 6.92 Å². The number of pyridine rings is 1. The maximum atomic E-state index is 11.7. The van der Waals surface area contributed by atoms with Crippen LogP contribution in [0.4, 0.5) is 11.5 Å². The topological polar surface area (TPSA) is 71.2 Å². The Hall–Kier alpha value is -1.78.